The van der Waals surface area contributed by atoms with Gasteiger partial charge >= 0.3 is 0 Å². The lowest BCUT2D eigenvalue weighted by Gasteiger charge is -2.34. The number of aryl methyl sites for hydroxylation is 1. The van der Waals surface area contributed by atoms with Crippen LogP contribution >= 0.6 is 12.4 Å². The molecule has 0 aliphatic carbocycles. The smallest absolute Gasteiger partial charge is 0.254 e. The van der Waals surface area contributed by atoms with Crippen molar-refractivity contribution in [2.75, 3.05) is 19.6 Å². The molecule has 0 saturated carbocycles. The second-order valence-corrected chi connectivity index (χ2v) is 5.44. The zero-order chi connectivity index (χ0) is 14.5. The third kappa shape index (κ3) is 4.42. The molecule has 2 rings (SSSR count). The Bertz CT molecular complexity index is 475. The number of nitrogens with zero attached hydrogens (tertiary/aromatic N) is 1. The molecule has 3 nitrogen and oxygen atoms in total. The SMILES string of the molecule is CCCN(C(=O)c1ccc(F)c(C)c1)C1CCNCC1.Cl. The van der Waals surface area contributed by atoms with Gasteiger partial charge in [-0.1, -0.05) is 6.92 Å². The van der Waals surface area contributed by atoms with Gasteiger partial charge in [0, 0.05) is 18.2 Å². The summed E-state index contributed by atoms with van der Waals surface area (Å²) in [5.74, 6) is -0.229. The highest BCUT2D eigenvalue weighted by atomic mass is 35.5. The van der Waals surface area contributed by atoms with E-state index >= 15 is 0 Å². The minimum absolute atomic E-state index is 0. The molecular formula is C16H24ClFN2O. The van der Waals surface area contributed by atoms with Crippen molar-refractivity contribution < 1.29 is 9.18 Å². The number of benzene rings is 1. The highest BCUT2D eigenvalue weighted by Gasteiger charge is 2.25. The van der Waals surface area contributed by atoms with E-state index in [2.05, 4.69) is 12.2 Å². The van der Waals surface area contributed by atoms with Gasteiger partial charge in [0.05, 0.1) is 0 Å². The van der Waals surface area contributed by atoms with E-state index in [0.717, 1.165) is 38.9 Å². The van der Waals surface area contributed by atoms with E-state index in [-0.39, 0.29) is 24.1 Å². The van der Waals surface area contributed by atoms with Crippen molar-refractivity contribution in [1.29, 1.82) is 0 Å². The predicted molar refractivity (Wildman–Crippen MR) is 85.6 cm³/mol. The maximum atomic E-state index is 13.3. The lowest BCUT2D eigenvalue weighted by atomic mass is 10.0. The van der Waals surface area contributed by atoms with Crippen LogP contribution in [0.5, 0.6) is 0 Å². The van der Waals surface area contributed by atoms with E-state index in [1.165, 1.54) is 6.07 Å². The van der Waals surface area contributed by atoms with Crippen LogP contribution in [0.4, 0.5) is 4.39 Å². The molecule has 1 aromatic carbocycles. The summed E-state index contributed by atoms with van der Waals surface area (Å²) in [5.41, 5.74) is 1.12. The number of amides is 1. The zero-order valence-electron chi connectivity index (χ0n) is 12.7. The summed E-state index contributed by atoms with van der Waals surface area (Å²) in [6, 6.07) is 4.93. The van der Waals surface area contributed by atoms with Crippen LogP contribution in [0, 0.1) is 12.7 Å². The van der Waals surface area contributed by atoms with Crippen LogP contribution < -0.4 is 5.32 Å². The number of piperidine rings is 1. The summed E-state index contributed by atoms with van der Waals surface area (Å²) in [5, 5.41) is 3.32. The van der Waals surface area contributed by atoms with Gasteiger partial charge in [0.1, 0.15) is 5.82 Å². The minimum atomic E-state index is -0.259. The maximum absolute atomic E-state index is 13.3. The Balaban J connectivity index is 0.00000220. The van der Waals surface area contributed by atoms with Gasteiger partial charge in [-0.2, -0.15) is 0 Å². The van der Waals surface area contributed by atoms with E-state index in [1.807, 2.05) is 4.90 Å². The summed E-state index contributed by atoms with van der Waals surface area (Å²) >= 11 is 0. The molecule has 5 heteroatoms. The summed E-state index contributed by atoms with van der Waals surface area (Å²) < 4.78 is 13.3. The molecule has 118 valence electrons. The number of rotatable bonds is 4. The van der Waals surface area contributed by atoms with E-state index in [1.54, 1.807) is 19.1 Å². The predicted octanol–water partition coefficient (Wildman–Crippen LogP) is 3.16. The average Bonchev–Trinajstić information content (AvgIpc) is 2.48. The number of hydrogen-bond donors (Lipinski definition) is 1. The van der Waals surface area contributed by atoms with Crippen molar-refractivity contribution in [3.63, 3.8) is 0 Å². The molecule has 0 atom stereocenters. The number of halogens is 2. The van der Waals surface area contributed by atoms with Gasteiger partial charge in [0.25, 0.3) is 5.91 Å². The molecular weight excluding hydrogens is 291 g/mol. The number of carbonyl (C=O) groups is 1. The van der Waals surface area contributed by atoms with Gasteiger partial charge in [-0.05, 0) is 63.0 Å². The van der Waals surface area contributed by atoms with Crippen molar-refractivity contribution in [3.8, 4) is 0 Å². The van der Waals surface area contributed by atoms with Gasteiger partial charge in [0.15, 0.2) is 0 Å². The minimum Gasteiger partial charge on any atom is -0.336 e. The monoisotopic (exact) mass is 314 g/mol. The largest absolute Gasteiger partial charge is 0.336 e. The van der Waals surface area contributed by atoms with Crippen molar-refractivity contribution in [2.24, 2.45) is 0 Å². The van der Waals surface area contributed by atoms with Crippen LogP contribution in [0.25, 0.3) is 0 Å². The second kappa shape index (κ2) is 8.35. The molecule has 0 unspecified atom stereocenters. The van der Waals surface area contributed by atoms with Gasteiger partial charge < -0.3 is 10.2 Å². The lowest BCUT2D eigenvalue weighted by Crippen LogP contribution is -2.46. The number of carbonyl (C=O) groups excluding carboxylic acids is 1. The molecule has 1 aliphatic rings. The molecule has 21 heavy (non-hydrogen) atoms. The molecule has 1 N–H and O–H groups in total. The zero-order valence-corrected chi connectivity index (χ0v) is 13.5. The first-order chi connectivity index (χ1) is 9.63. The van der Waals surface area contributed by atoms with Crippen molar-refractivity contribution in [3.05, 3.63) is 35.1 Å². The molecule has 1 aromatic rings. The summed E-state index contributed by atoms with van der Waals surface area (Å²) in [6.07, 6.45) is 2.92. The van der Waals surface area contributed by atoms with Crippen molar-refractivity contribution in [2.45, 2.75) is 39.2 Å². The van der Waals surface area contributed by atoms with E-state index in [0.29, 0.717) is 17.2 Å². The van der Waals surface area contributed by atoms with E-state index in [4.69, 9.17) is 0 Å². The maximum Gasteiger partial charge on any atom is 0.254 e. The summed E-state index contributed by atoms with van der Waals surface area (Å²) in [7, 11) is 0. The third-order valence-corrected chi connectivity index (χ3v) is 3.88. The highest BCUT2D eigenvalue weighted by Crippen LogP contribution is 2.18. The number of nitrogens with one attached hydrogen (secondary N) is 1. The highest BCUT2D eigenvalue weighted by molar-refractivity contribution is 5.94. The van der Waals surface area contributed by atoms with E-state index in [9.17, 15) is 9.18 Å². The molecule has 1 saturated heterocycles. The average molecular weight is 315 g/mol. The van der Waals surface area contributed by atoms with Crippen LogP contribution in [-0.2, 0) is 0 Å². The summed E-state index contributed by atoms with van der Waals surface area (Å²) in [6.45, 7) is 6.46. The molecule has 0 bridgehead atoms. The van der Waals surface area contributed by atoms with Gasteiger partial charge in [-0.15, -0.1) is 12.4 Å². The van der Waals surface area contributed by atoms with Crippen LogP contribution in [0.15, 0.2) is 18.2 Å². The lowest BCUT2D eigenvalue weighted by molar-refractivity contribution is 0.0642. The topological polar surface area (TPSA) is 32.3 Å². The first-order valence-electron chi connectivity index (χ1n) is 7.41. The Morgan fingerprint density at radius 3 is 2.62 bits per heavy atom. The molecule has 0 aromatic heterocycles. The normalized spacial score (nSPS) is 15.4. The first kappa shape index (κ1) is 17.9. The van der Waals surface area contributed by atoms with Crippen molar-refractivity contribution >= 4 is 18.3 Å². The van der Waals surface area contributed by atoms with Crippen LogP contribution in [0.1, 0.15) is 42.1 Å². The van der Waals surface area contributed by atoms with E-state index < -0.39 is 0 Å². The Kier molecular flexibility index (Phi) is 7.12. The first-order valence-corrected chi connectivity index (χ1v) is 7.41. The molecule has 1 fully saturated rings. The number of hydrogen-bond acceptors (Lipinski definition) is 2. The standard InChI is InChI=1S/C16H23FN2O.ClH/c1-3-10-19(14-6-8-18-9-7-14)16(20)13-4-5-15(17)12(2)11-13;/h4-5,11,14,18H,3,6-10H2,1-2H3;1H. The molecule has 1 aliphatic heterocycles. The van der Waals surface area contributed by atoms with Gasteiger partial charge in [-0.25, -0.2) is 4.39 Å². The molecule has 0 spiro atoms. The molecule has 1 heterocycles. The third-order valence-electron chi connectivity index (χ3n) is 3.88. The van der Waals surface area contributed by atoms with Gasteiger partial charge in [-0.3, -0.25) is 4.79 Å². The van der Waals surface area contributed by atoms with Crippen LogP contribution in [0.3, 0.4) is 0 Å². The fourth-order valence-electron chi connectivity index (χ4n) is 2.75. The Labute approximate surface area is 132 Å². The van der Waals surface area contributed by atoms with Crippen molar-refractivity contribution in [1.82, 2.24) is 10.2 Å². The van der Waals surface area contributed by atoms with Crippen LogP contribution in [-0.4, -0.2) is 36.5 Å². The fraction of sp³-hybridized carbons (Fsp3) is 0.562. The summed E-state index contributed by atoms with van der Waals surface area (Å²) in [4.78, 5) is 14.6. The molecule has 0 radical (unpaired) electrons. The van der Waals surface area contributed by atoms with Crippen LogP contribution in [0.2, 0.25) is 0 Å². The Morgan fingerprint density at radius 2 is 2.05 bits per heavy atom. The Hall–Kier alpha value is -1.13. The van der Waals surface area contributed by atoms with Gasteiger partial charge in [0.2, 0.25) is 0 Å². The fourth-order valence-corrected chi connectivity index (χ4v) is 2.75. The quantitative estimate of drug-likeness (QED) is 0.926. The Morgan fingerprint density at radius 1 is 1.38 bits per heavy atom. The second-order valence-electron chi connectivity index (χ2n) is 5.44. The molecule has 1 amide bonds.